The van der Waals surface area contributed by atoms with Crippen LogP contribution < -0.4 is 10.6 Å². The summed E-state index contributed by atoms with van der Waals surface area (Å²) in [5.41, 5.74) is -3.79. The van der Waals surface area contributed by atoms with Crippen molar-refractivity contribution in [3.63, 3.8) is 0 Å². The molecule has 2 aromatic rings. The minimum absolute atomic E-state index is 0.0680. The maximum absolute atomic E-state index is 13.6. The highest BCUT2D eigenvalue weighted by atomic mass is 35.5. The second-order valence-electron chi connectivity index (χ2n) is 5.70. The molecule has 2 heterocycles. The summed E-state index contributed by atoms with van der Waals surface area (Å²) >= 11 is 6.82. The van der Waals surface area contributed by atoms with Gasteiger partial charge in [0.25, 0.3) is 0 Å². The molecule has 0 spiro atoms. The molecule has 3 atom stereocenters. The van der Waals surface area contributed by atoms with Crippen LogP contribution in [0, 0.1) is 5.92 Å². The highest BCUT2D eigenvalue weighted by molar-refractivity contribution is 7.10. The second-order valence-corrected chi connectivity index (χ2v) is 7.12. The minimum atomic E-state index is -5.27. The third-order valence-electron chi connectivity index (χ3n) is 4.07. The lowest BCUT2D eigenvalue weighted by molar-refractivity contribution is -0.287. The molecule has 0 aliphatic carbocycles. The topological polar surface area (TPSA) is 78.4 Å². The van der Waals surface area contributed by atoms with E-state index in [1.54, 1.807) is 11.4 Å². The van der Waals surface area contributed by atoms with Gasteiger partial charge in [0.1, 0.15) is 5.92 Å². The van der Waals surface area contributed by atoms with Gasteiger partial charge in [-0.3, -0.25) is 4.79 Å². The minimum Gasteiger partial charge on any atom is -0.363 e. The number of urea groups is 1. The standard InChI is InChI=1S/C16H12ClF3N2O3S/c17-9-5-3-8(4-6-9)13(23)11-12(10-2-1-7-26-10)21-14(24)22-15(11,25)16(18,19)20/h1-7,11-12,25H,(H2,21,22,24)/t11-,12+,15-/m1/s1. The summed E-state index contributed by atoms with van der Waals surface area (Å²) in [5.74, 6) is -3.01. The van der Waals surface area contributed by atoms with Crippen LogP contribution in [0.2, 0.25) is 5.02 Å². The van der Waals surface area contributed by atoms with E-state index in [1.807, 2.05) is 0 Å². The van der Waals surface area contributed by atoms with E-state index in [0.717, 1.165) is 11.3 Å². The molecule has 1 fully saturated rings. The third-order valence-corrected chi connectivity index (χ3v) is 5.27. The van der Waals surface area contributed by atoms with E-state index in [0.29, 0.717) is 9.90 Å². The number of thiophene rings is 1. The Morgan fingerprint density at radius 1 is 1.23 bits per heavy atom. The molecule has 1 aliphatic rings. The van der Waals surface area contributed by atoms with Gasteiger partial charge in [-0.2, -0.15) is 13.2 Å². The zero-order chi connectivity index (χ0) is 19.1. The Labute approximate surface area is 154 Å². The Hall–Kier alpha value is -2.10. The van der Waals surface area contributed by atoms with Crippen LogP contribution in [-0.2, 0) is 0 Å². The molecule has 3 rings (SSSR count). The Morgan fingerprint density at radius 3 is 2.42 bits per heavy atom. The van der Waals surface area contributed by atoms with Crippen molar-refractivity contribution in [2.45, 2.75) is 17.9 Å². The summed E-state index contributed by atoms with van der Waals surface area (Å²) in [4.78, 5) is 25.0. The van der Waals surface area contributed by atoms with Gasteiger partial charge in [-0.15, -0.1) is 11.3 Å². The van der Waals surface area contributed by atoms with Gasteiger partial charge in [0, 0.05) is 15.5 Å². The Morgan fingerprint density at radius 2 is 1.88 bits per heavy atom. The molecular formula is C16H12ClF3N2O3S. The summed E-state index contributed by atoms with van der Waals surface area (Å²) in [6.07, 6.45) is -5.27. The van der Waals surface area contributed by atoms with Crippen molar-refractivity contribution in [2.24, 2.45) is 5.92 Å². The van der Waals surface area contributed by atoms with E-state index in [-0.39, 0.29) is 5.56 Å². The number of Topliss-reactive ketones (excluding diaryl/α,β-unsaturated/α-hetero) is 1. The first kappa shape index (κ1) is 18.7. The van der Waals surface area contributed by atoms with E-state index < -0.39 is 35.7 Å². The van der Waals surface area contributed by atoms with Crippen LogP contribution in [0.15, 0.2) is 41.8 Å². The third kappa shape index (κ3) is 3.17. The number of halogens is 4. The van der Waals surface area contributed by atoms with Crippen LogP contribution in [0.25, 0.3) is 0 Å². The van der Waals surface area contributed by atoms with E-state index in [2.05, 4.69) is 5.32 Å². The van der Waals surface area contributed by atoms with Crippen LogP contribution in [0.4, 0.5) is 18.0 Å². The SMILES string of the molecule is O=C1N[C@@H](c2cccs2)[C@H](C(=O)c2ccc(Cl)cc2)[C@@](O)(C(F)(F)F)N1. The molecule has 0 radical (unpaired) electrons. The number of rotatable bonds is 3. The zero-order valence-corrected chi connectivity index (χ0v) is 14.5. The van der Waals surface area contributed by atoms with Crippen molar-refractivity contribution in [1.29, 1.82) is 0 Å². The summed E-state index contributed by atoms with van der Waals surface area (Å²) < 4.78 is 40.9. The number of amides is 2. The normalized spacial score (nSPS) is 26.1. The lowest BCUT2D eigenvalue weighted by Crippen LogP contribution is -2.72. The van der Waals surface area contributed by atoms with E-state index in [9.17, 15) is 27.9 Å². The molecule has 0 bridgehead atoms. The predicted molar refractivity (Wildman–Crippen MR) is 89.0 cm³/mol. The maximum Gasteiger partial charge on any atom is 0.437 e. The van der Waals surface area contributed by atoms with Crippen molar-refractivity contribution in [1.82, 2.24) is 10.6 Å². The molecule has 10 heteroatoms. The second kappa shape index (κ2) is 6.57. The van der Waals surface area contributed by atoms with Crippen LogP contribution in [-0.4, -0.2) is 28.8 Å². The smallest absolute Gasteiger partial charge is 0.363 e. The molecule has 26 heavy (non-hydrogen) atoms. The first-order chi connectivity index (χ1) is 12.1. The average molecular weight is 405 g/mol. The van der Waals surface area contributed by atoms with Gasteiger partial charge in [0.05, 0.1) is 6.04 Å². The van der Waals surface area contributed by atoms with Crippen molar-refractivity contribution >= 4 is 34.8 Å². The molecule has 1 aliphatic heterocycles. The van der Waals surface area contributed by atoms with Crippen LogP contribution in [0.3, 0.4) is 0 Å². The first-order valence-electron chi connectivity index (χ1n) is 7.34. The molecule has 0 saturated carbocycles. The van der Waals surface area contributed by atoms with Gasteiger partial charge in [-0.05, 0) is 35.7 Å². The molecule has 2 amide bonds. The number of aliphatic hydroxyl groups is 1. The molecule has 1 aromatic carbocycles. The van der Waals surface area contributed by atoms with Crippen molar-refractivity contribution in [3.05, 3.63) is 57.2 Å². The van der Waals surface area contributed by atoms with Gasteiger partial charge >= 0.3 is 12.2 Å². The maximum atomic E-state index is 13.6. The number of hydrogen-bond donors (Lipinski definition) is 3. The lowest BCUT2D eigenvalue weighted by Gasteiger charge is -2.44. The Balaban J connectivity index is 2.13. The molecule has 3 N–H and O–H groups in total. The summed E-state index contributed by atoms with van der Waals surface area (Å²) in [5, 5.41) is 16.0. The quantitative estimate of drug-likeness (QED) is 0.685. The number of carbonyl (C=O) groups is 2. The number of hydrogen-bond acceptors (Lipinski definition) is 4. The van der Waals surface area contributed by atoms with Crippen molar-refractivity contribution < 1.29 is 27.9 Å². The number of nitrogens with one attached hydrogen (secondary N) is 2. The van der Waals surface area contributed by atoms with Gasteiger partial charge in [-0.25, -0.2) is 4.79 Å². The van der Waals surface area contributed by atoms with Crippen LogP contribution in [0.1, 0.15) is 21.3 Å². The predicted octanol–water partition coefficient (Wildman–Crippen LogP) is 3.51. The number of ketones is 1. The van der Waals surface area contributed by atoms with E-state index in [4.69, 9.17) is 11.6 Å². The fraction of sp³-hybridized carbons (Fsp3) is 0.250. The first-order valence-corrected chi connectivity index (χ1v) is 8.60. The Kier molecular flexibility index (Phi) is 4.72. The van der Waals surface area contributed by atoms with Crippen molar-refractivity contribution in [2.75, 3.05) is 0 Å². The molecule has 0 unspecified atom stereocenters. The highest BCUT2D eigenvalue weighted by Crippen LogP contribution is 2.44. The number of alkyl halides is 3. The Bertz CT molecular complexity index is 826. The average Bonchev–Trinajstić information content (AvgIpc) is 3.07. The van der Waals surface area contributed by atoms with Gasteiger partial charge in [0.15, 0.2) is 5.78 Å². The van der Waals surface area contributed by atoms with E-state index in [1.165, 1.54) is 35.6 Å². The summed E-state index contributed by atoms with van der Waals surface area (Å²) in [6.45, 7) is 0. The van der Waals surface area contributed by atoms with Crippen LogP contribution in [0.5, 0.6) is 0 Å². The zero-order valence-electron chi connectivity index (χ0n) is 12.9. The number of benzene rings is 1. The largest absolute Gasteiger partial charge is 0.437 e. The molecule has 5 nitrogen and oxygen atoms in total. The highest BCUT2D eigenvalue weighted by Gasteiger charge is 2.66. The van der Waals surface area contributed by atoms with Crippen LogP contribution >= 0.6 is 22.9 Å². The van der Waals surface area contributed by atoms with Gasteiger partial charge in [0.2, 0.25) is 5.72 Å². The van der Waals surface area contributed by atoms with Gasteiger partial charge < -0.3 is 15.7 Å². The number of carbonyl (C=O) groups excluding carboxylic acids is 2. The monoisotopic (exact) mass is 404 g/mol. The van der Waals surface area contributed by atoms with Crippen molar-refractivity contribution in [3.8, 4) is 0 Å². The van der Waals surface area contributed by atoms with Gasteiger partial charge in [-0.1, -0.05) is 17.7 Å². The fourth-order valence-electron chi connectivity index (χ4n) is 2.84. The van der Waals surface area contributed by atoms with E-state index >= 15 is 0 Å². The summed E-state index contributed by atoms with van der Waals surface area (Å²) in [7, 11) is 0. The molecule has 138 valence electrons. The summed E-state index contributed by atoms with van der Waals surface area (Å²) in [6, 6.07) is 5.74. The molecular weight excluding hydrogens is 393 g/mol. The lowest BCUT2D eigenvalue weighted by atomic mass is 9.79. The fourth-order valence-corrected chi connectivity index (χ4v) is 3.78. The molecule has 1 saturated heterocycles. The molecule has 1 aromatic heterocycles.